The quantitative estimate of drug-likeness (QED) is 0.729. The number of carbonyl (C=O) groups excluding carboxylic acids is 3. The Morgan fingerprint density at radius 3 is 2.47 bits per heavy atom. The van der Waals surface area contributed by atoms with Crippen molar-refractivity contribution >= 4 is 17.8 Å². The molecular formula is C24H25NO5. The van der Waals surface area contributed by atoms with Crippen LogP contribution in [0.2, 0.25) is 0 Å². The van der Waals surface area contributed by atoms with Crippen molar-refractivity contribution in [3.63, 3.8) is 0 Å². The number of esters is 2. The molecule has 4 rings (SSSR count). The van der Waals surface area contributed by atoms with E-state index < -0.39 is 30.5 Å². The van der Waals surface area contributed by atoms with Gasteiger partial charge in [-0.3, -0.25) is 4.79 Å². The van der Waals surface area contributed by atoms with Gasteiger partial charge in [-0.25, -0.2) is 9.59 Å². The molecule has 2 aliphatic rings. The van der Waals surface area contributed by atoms with Gasteiger partial charge < -0.3 is 14.4 Å². The van der Waals surface area contributed by atoms with Crippen LogP contribution in [0, 0.1) is 0 Å². The second-order valence-corrected chi connectivity index (χ2v) is 7.80. The fourth-order valence-corrected chi connectivity index (χ4v) is 4.29. The van der Waals surface area contributed by atoms with Gasteiger partial charge in [0.25, 0.3) is 5.91 Å². The average Bonchev–Trinajstić information content (AvgIpc) is 2.80. The third-order valence-corrected chi connectivity index (χ3v) is 5.95. The van der Waals surface area contributed by atoms with E-state index in [2.05, 4.69) is 0 Å². The van der Waals surface area contributed by atoms with Crippen LogP contribution in [0.3, 0.4) is 0 Å². The minimum atomic E-state index is -0.722. The average molecular weight is 407 g/mol. The number of ether oxygens (including phenoxy) is 2. The van der Waals surface area contributed by atoms with Crippen molar-refractivity contribution in [2.75, 3.05) is 13.7 Å². The van der Waals surface area contributed by atoms with Crippen LogP contribution < -0.4 is 0 Å². The first-order chi connectivity index (χ1) is 14.6. The Labute approximate surface area is 175 Å². The van der Waals surface area contributed by atoms with Gasteiger partial charge in [0, 0.05) is 13.0 Å². The highest BCUT2D eigenvalue weighted by Gasteiger charge is 2.35. The number of hydrogen-bond acceptors (Lipinski definition) is 5. The lowest BCUT2D eigenvalue weighted by Crippen LogP contribution is -2.50. The molecule has 0 fully saturated rings. The number of aryl methyl sites for hydroxylation is 2. The number of hydrogen-bond donors (Lipinski definition) is 0. The van der Waals surface area contributed by atoms with Crippen molar-refractivity contribution in [3.05, 3.63) is 70.3 Å². The largest absolute Gasteiger partial charge is 0.467 e. The summed E-state index contributed by atoms with van der Waals surface area (Å²) in [6.07, 6.45) is 4.67. The molecule has 1 aliphatic heterocycles. The number of benzene rings is 2. The Kier molecular flexibility index (Phi) is 5.84. The lowest BCUT2D eigenvalue weighted by Gasteiger charge is -2.35. The number of fused-ring (bicyclic) bond motifs is 2. The Balaban J connectivity index is 1.44. The molecule has 1 heterocycles. The normalized spacial score (nSPS) is 17.5. The van der Waals surface area contributed by atoms with Gasteiger partial charge in [-0.05, 0) is 60.1 Å². The maximum atomic E-state index is 12.8. The Morgan fingerprint density at radius 2 is 1.70 bits per heavy atom. The van der Waals surface area contributed by atoms with Crippen LogP contribution >= 0.6 is 0 Å². The summed E-state index contributed by atoms with van der Waals surface area (Å²) in [6, 6.07) is 12.6. The highest BCUT2D eigenvalue weighted by molar-refractivity contribution is 5.92. The van der Waals surface area contributed by atoms with Crippen LogP contribution in [0.5, 0.6) is 0 Å². The molecule has 0 radical (unpaired) electrons. The molecule has 0 saturated heterocycles. The highest BCUT2D eigenvalue weighted by atomic mass is 16.5. The van der Waals surface area contributed by atoms with Crippen molar-refractivity contribution in [2.24, 2.45) is 0 Å². The van der Waals surface area contributed by atoms with Gasteiger partial charge in [-0.15, -0.1) is 0 Å². The van der Waals surface area contributed by atoms with E-state index in [0.717, 1.165) is 30.4 Å². The summed E-state index contributed by atoms with van der Waals surface area (Å²) >= 11 is 0. The van der Waals surface area contributed by atoms with Crippen LogP contribution in [0.15, 0.2) is 42.5 Å². The Bertz CT molecular complexity index is 983. The molecule has 1 atom stereocenters. The summed E-state index contributed by atoms with van der Waals surface area (Å²) in [5, 5.41) is 0. The zero-order valence-electron chi connectivity index (χ0n) is 17.1. The molecule has 0 aromatic heterocycles. The minimum absolute atomic E-state index is 0.283. The van der Waals surface area contributed by atoms with E-state index in [1.807, 2.05) is 36.4 Å². The summed E-state index contributed by atoms with van der Waals surface area (Å²) in [5.74, 6) is -1.41. The standard InChI is InChI=1S/C24H25NO5/c1-29-24(28)21-13-18-8-4-5-9-20(18)14-25(21)22(26)15-30-23(27)19-11-10-16-6-2-3-7-17(16)12-19/h4-5,8-12,21H,2-3,6-7,13-15H2,1H3/t21-/m0/s1. The third kappa shape index (κ3) is 4.08. The Morgan fingerprint density at radius 1 is 0.967 bits per heavy atom. The van der Waals surface area contributed by atoms with Crippen LogP contribution in [-0.4, -0.2) is 42.5 Å². The summed E-state index contributed by atoms with van der Waals surface area (Å²) in [7, 11) is 1.31. The monoisotopic (exact) mass is 407 g/mol. The first kappa shape index (κ1) is 20.1. The fraction of sp³-hybridized carbons (Fsp3) is 0.375. The molecule has 0 bridgehead atoms. The van der Waals surface area contributed by atoms with Crippen molar-refractivity contribution in [1.82, 2.24) is 4.90 Å². The van der Waals surface area contributed by atoms with Gasteiger partial charge in [0.1, 0.15) is 6.04 Å². The number of nitrogens with zero attached hydrogens (tertiary/aromatic N) is 1. The van der Waals surface area contributed by atoms with Gasteiger partial charge in [0.2, 0.25) is 0 Å². The van der Waals surface area contributed by atoms with Crippen LogP contribution in [-0.2, 0) is 44.9 Å². The second kappa shape index (κ2) is 8.69. The van der Waals surface area contributed by atoms with Gasteiger partial charge in [0.15, 0.2) is 6.61 Å². The van der Waals surface area contributed by atoms with E-state index >= 15 is 0 Å². The van der Waals surface area contributed by atoms with Crippen LogP contribution in [0.25, 0.3) is 0 Å². The lowest BCUT2D eigenvalue weighted by atomic mass is 9.90. The van der Waals surface area contributed by atoms with E-state index in [-0.39, 0.29) is 6.54 Å². The molecule has 0 N–H and O–H groups in total. The molecule has 0 saturated carbocycles. The van der Waals surface area contributed by atoms with Crippen LogP contribution in [0.4, 0.5) is 0 Å². The summed E-state index contributed by atoms with van der Waals surface area (Å²) in [6.45, 7) is -0.128. The predicted octanol–water partition coefficient (Wildman–Crippen LogP) is 2.85. The summed E-state index contributed by atoms with van der Waals surface area (Å²) < 4.78 is 10.2. The number of amides is 1. The number of carbonyl (C=O) groups is 3. The zero-order chi connectivity index (χ0) is 21.1. The third-order valence-electron chi connectivity index (χ3n) is 5.95. The smallest absolute Gasteiger partial charge is 0.338 e. The topological polar surface area (TPSA) is 72.9 Å². The molecule has 1 aliphatic carbocycles. The van der Waals surface area contributed by atoms with Gasteiger partial charge in [-0.2, -0.15) is 0 Å². The zero-order valence-corrected chi connectivity index (χ0v) is 17.1. The van der Waals surface area contributed by atoms with Gasteiger partial charge >= 0.3 is 11.9 Å². The van der Waals surface area contributed by atoms with E-state index in [9.17, 15) is 14.4 Å². The van der Waals surface area contributed by atoms with E-state index in [1.54, 1.807) is 6.07 Å². The first-order valence-electron chi connectivity index (χ1n) is 10.3. The van der Waals surface area contributed by atoms with E-state index in [1.165, 1.54) is 29.6 Å². The molecule has 156 valence electrons. The number of methoxy groups -OCH3 is 1. The molecular weight excluding hydrogens is 382 g/mol. The maximum Gasteiger partial charge on any atom is 0.338 e. The fourth-order valence-electron chi connectivity index (χ4n) is 4.29. The van der Waals surface area contributed by atoms with Gasteiger partial charge in [-0.1, -0.05) is 30.3 Å². The molecule has 6 nitrogen and oxygen atoms in total. The second-order valence-electron chi connectivity index (χ2n) is 7.80. The molecule has 2 aromatic rings. The predicted molar refractivity (Wildman–Crippen MR) is 110 cm³/mol. The van der Waals surface area contributed by atoms with Crippen LogP contribution in [0.1, 0.15) is 45.5 Å². The summed E-state index contributed by atoms with van der Waals surface area (Å²) in [4.78, 5) is 39.1. The van der Waals surface area contributed by atoms with E-state index in [0.29, 0.717) is 12.0 Å². The van der Waals surface area contributed by atoms with Crippen molar-refractivity contribution in [3.8, 4) is 0 Å². The molecule has 0 spiro atoms. The SMILES string of the molecule is COC(=O)[C@@H]1Cc2ccccc2CN1C(=O)COC(=O)c1ccc2c(c1)CCCC2. The molecule has 2 aromatic carbocycles. The maximum absolute atomic E-state index is 12.8. The van der Waals surface area contributed by atoms with Crippen molar-refractivity contribution in [2.45, 2.75) is 44.7 Å². The molecule has 30 heavy (non-hydrogen) atoms. The molecule has 0 unspecified atom stereocenters. The molecule has 1 amide bonds. The number of rotatable bonds is 4. The Hall–Kier alpha value is -3.15. The van der Waals surface area contributed by atoms with Gasteiger partial charge in [0.05, 0.1) is 12.7 Å². The minimum Gasteiger partial charge on any atom is -0.467 e. The van der Waals surface area contributed by atoms with Crippen molar-refractivity contribution < 1.29 is 23.9 Å². The first-order valence-corrected chi connectivity index (χ1v) is 10.3. The highest BCUT2D eigenvalue weighted by Crippen LogP contribution is 2.25. The molecule has 6 heteroatoms. The lowest BCUT2D eigenvalue weighted by molar-refractivity contribution is -0.155. The van der Waals surface area contributed by atoms with E-state index in [4.69, 9.17) is 9.47 Å². The summed E-state index contributed by atoms with van der Waals surface area (Å²) in [5.41, 5.74) is 4.91. The van der Waals surface area contributed by atoms with Crippen molar-refractivity contribution in [1.29, 1.82) is 0 Å².